The minimum absolute atomic E-state index is 0. The molecule has 6 aromatic carbocycles. The largest absolute Gasteiger partial charge is 0.494 e. The van der Waals surface area contributed by atoms with Crippen LogP contribution in [-0.4, -0.2) is 142 Å². The van der Waals surface area contributed by atoms with Crippen molar-refractivity contribution in [3.8, 4) is 22.6 Å². The van der Waals surface area contributed by atoms with Crippen molar-refractivity contribution in [1.29, 1.82) is 0 Å². The molecule has 3 heterocycles. The van der Waals surface area contributed by atoms with Crippen molar-refractivity contribution < 1.29 is 45.9 Å². The summed E-state index contributed by atoms with van der Waals surface area (Å²) >= 11 is 3.12. The number of hydrogen-bond acceptors (Lipinski definition) is 10. The molecule has 0 unspecified atom stereocenters. The molecule has 0 saturated carbocycles. The number of benzene rings is 6. The van der Waals surface area contributed by atoms with Crippen molar-refractivity contribution in [2.75, 3.05) is 92.8 Å². The van der Waals surface area contributed by atoms with E-state index in [1.54, 1.807) is 48.5 Å². The van der Waals surface area contributed by atoms with Crippen molar-refractivity contribution in [3.63, 3.8) is 0 Å². The Morgan fingerprint density at radius 3 is 1.42 bits per heavy atom. The second-order valence-corrected chi connectivity index (χ2v) is 22.3. The Balaban J connectivity index is 0.000000205. The van der Waals surface area contributed by atoms with Gasteiger partial charge in [0.1, 0.15) is 48.0 Å². The number of ether oxygens (including phenoxy) is 2. The van der Waals surface area contributed by atoms with Crippen molar-refractivity contribution >= 4 is 40.3 Å². The number of rotatable bonds is 18. The molecule has 3 aliphatic rings. The van der Waals surface area contributed by atoms with Crippen molar-refractivity contribution in [1.82, 2.24) is 30.2 Å². The lowest BCUT2D eigenvalue weighted by Gasteiger charge is -2.32. The first-order chi connectivity index (χ1) is 38.3. The molecule has 18 heteroatoms. The lowest BCUT2D eigenvalue weighted by molar-refractivity contribution is -0.121. The van der Waals surface area contributed by atoms with Gasteiger partial charge in [-0.05, 0) is 140 Å². The first kappa shape index (κ1) is 64.1. The van der Waals surface area contributed by atoms with Crippen LogP contribution in [0.3, 0.4) is 0 Å². The van der Waals surface area contributed by atoms with E-state index in [0.717, 1.165) is 93.2 Å². The van der Waals surface area contributed by atoms with Crippen molar-refractivity contribution in [2.45, 2.75) is 72.3 Å². The standard InChI is InChI=1S/C28H31F2N3O2.C21H25BFNO3.C13H18BrFN2O.CH4/c1-32-11-13-33(14-12-32)15-16-35-25-9-10-26(27(30)19-25)23-7-5-21(6-8-23)18-28(34)31-20-22-3-2-4-24(29)17-22;1-20(2)21(3,4)27-22(26-20)17-10-8-15(9-11-17)13-19(25)24-14-16-6-5-7-18(23)12-16;1-16-4-6-17(7-5-16)8-9-18-11-2-3-12(14)13(15)10-11;/h2-10,17,19H,11-16,18,20H2,1H3,(H,31,34);5-12H,13-14H2,1-4H3,(H,24,25);2-3,10H,4-9H2,1H3;1H4. The van der Waals surface area contributed by atoms with Crippen LogP contribution in [0.4, 0.5) is 17.6 Å². The third-order valence-electron chi connectivity index (χ3n) is 14.6. The maximum absolute atomic E-state index is 14.8. The van der Waals surface area contributed by atoms with Gasteiger partial charge in [0.05, 0.1) is 28.5 Å². The molecule has 9 rings (SSSR count). The van der Waals surface area contributed by atoms with Crippen LogP contribution in [0, 0.1) is 23.3 Å². The average Bonchev–Trinajstić information content (AvgIpc) is 3.88. The van der Waals surface area contributed by atoms with E-state index in [2.05, 4.69) is 60.3 Å². The van der Waals surface area contributed by atoms with Gasteiger partial charge >= 0.3 is 7.12 Å². The number of likely N-dealkylation sites (N-methyl/N-ethyl adjacent to an activating group) is 2. The number of nitrogens with zero attached hydrogens (tertiary/aromatic N) is 4. The Bertz CT molecular complexity index is 2930. The summed E-state index contributed by atoms with van der Waals surface area (Å²) in [6, 6.07) is 37.0. The Morgan fingerprint density at radius 1 is 0.556 bits per heavy atom. The lowest BCUT2D eigenvalue weighted by Crippen LogP contribution is -2.45. The van der Waals surface area contributed by atoms with Gasteiger partial charge in [0.2, 0.25) is 11.8 Å². The molecule has 6 aromatic rings. The Labute approximate surface area is 485 Å². The number of nitrogens with one attached hydrogen (secondary N) is 2. The van der Waals surface area contributed by atoms with Gasteiger partial charge in [-0.3, -0.25) is 19.4 Å². The molecule has 3 fully saturated rings. The number of carbonyl (C=O) groups excluding carboxylic acids is 2. The fraction of sp³-hybridized carbons (Fsp3) is 0.397. The van der Waals surface area contributed by atoms with Gasteiger partial charge in [0.15, 0.2) is 0 Å². The molecule has 2 N–H and O–H groups in total. The third kappa shape index (κ3) is 20.4. The average molecular weight is 1180 g/mol. The molecule has 0 spiro atoms. The third-order valence-corrected chi connectivity index (χ3v) is 15.3. The normalized spacial score (nSPS) is 16.2. The van der Waals surface area contributed by atoms with E-state index in [0.29, 0.717) is 46.9 Å². The van der Waals surface area contributed by atoms with E-state index in [-0.39, 0.29) is 73.1 Å². The fourth-order valence-electron chi connectivity index (χ4n) is 8.88. The van der Waals surface area contributed by atoms with Gasteiger partial charge in [-0.2, -0.15) is 0 Å². The highest BCUT2D eigenvalue weighted by molar-refractivity contribution is 9.10. The van der Waals surface area contributed by atoms with Gasteiger partial charge in [-0.25, -0.2) is 17.6 Å². The summed E-state index contributed by atoms with van der Waals surface area (Å²) < 4.78 is 78.3. The molecule has 0 aromatic heterocycles. The van der Waals surface area contributed by atoms with Crippen LogP contribution in [-0.2, 0) is 44.8 Å². The molecular formula is C63H78BBrF4N6O6. The minimum atomic E-state index is -0.411. The SMILES string of the molecule is C.CC1(C)OB(c2ccc(CC(=O)NCc3cccc(F)c3)cc2)OC1(C)C.CN1CCN(CCOc2ccc(-c3ccc(CC(=O)NCc4cccc(F)c4)cc3)c(F)c2)CC1.CN1CCN(CCOc2ccc(Br)c(F)c2)CC1. The molecule has 0 atom stereocenters. The van der Waals surface area contributed by atoms with Crippen LogP contribution >= 0.6 is 15.9 Å². The molecule has 434 valence electrons. The number of amides is 2. The van der Waals surface area contributed by atoms with Gasteiger partial charge in [0, 0.05) is 96.2 Å². The second kappa shape index (κ2) is 30.8. The summed E-state index contributed by atoms with van der Waals surface area (Å²) in [5, 5.41) is 5.60. The highest BCUT2D eigenvalue weighted by Gasteiger charge is 2.51. The summed E-state index contributed by atoms with van der Waals surface area (Å²) in [6.07, 6.45) is 0.455. The first-order valence-electron chi connectivity index (χ1n) is 27.2. The zero-order chi connectivity index (χ0) is 57.2. The zero-order valence-electron chi connectivity index (χ0n) is 46.7. The highest BCUT2D eigenvalue weighted by atomic mass is 79.9. The molecule has 81 heavy (non-hydrogen) atoms. The molecule has 0 aliphatic carbocycles. The number of piperazine rings is 2. The summed E-state index contributed by atoms with van der Waals surface area (Å²) in [5.41, 5.74) is 4.53. The zero-order valence-corrected chi connectivity index (χ0v) is 48.3. The van der Waals surface area contributed by atoms with E-state index < -0.39 is 7.12 Å². The molecule has 2 amide bonds. The number of halogens is 5. The predicted octanol–water partition coefficient (Wildman–Crippen LogP) is 9.95. The molecular weight excluding hydrogens is 1100 g/mol. The van der Waals surface area contributed by atoms with E-state index in [1.807, 2.05) is 76.2 Å². The van der Waals surface area contributed by atoms with E-state index in [9.17, 15) is 27.2 Å². The van der Waals surface area contributed by atoms with Gasteiger partial charge < -0.3 is 39.2 Å². The molecule has 3 saturated heterocycles. The molecule has 0 bridgehead atoms. The van der Waals surface area contributed by atoms with Crippen molar-refractivity contribution in [2.24, 2.45) is 0 Å². The van der Waals surface area contributed by atoms with Crippen LogP contribution in [0.5, 0.6) is 11.5 Å². The Hall–Kier alpha value is -6.12. The molecule has 12 nitrogen and oxygen atoms in total. The fourth-order valence-corrected chi connectivity index (χ4v) is 9.13. The van der Waals surface area contributed by atoms with E-state index in [4.69, 9.17) is 18.8 Å². The lowest BCUT2D eigenvalue weighted by atomic mass is 9.79. The Morgan fingerprint density at radius 2 is 0.988 bits per heavy atom. The Kier molecular flexibility index (Phi) is 24.4. The topological polar surface area (TPSA) is 108 Å². The van der Waals surface area contributed by atoms with E-state index >= 15 is 0 Å². The molecule has 0 radical (unpaired) electrons. The summed E-state index contributed by atoms with van der Waals surface area (Å²) in [4.78, 5) is 33.7. The van der Waals surface area contributed by atoms with Gasteiger partial charge in [-0.15, -0.1) is 0 Å². The number of carbonyl (C=O) groups is 2. The first-order valence-corrected chi connectivity index (χ1v) is 27.9. The van der Waals surface area contributed by atoms with Crippen LogP contribution in [0.25, 0.3) is 11.1 Å². The van der Waals surface area contributed by atoms with Crippen LogP contribution in [0.1, 0.15) is 57.4 Å². The maximum atomic E-state index is 14.8. The molecule has 3 aliphatic heterocycles. The quantitative estimate of drug-likeness (QED) is 0.0638. The highest BCUT2D eigenvalue weighted by Crippen LogP contribution is 2.36. The monoisotopic (exact) mass is 1180 g/mol. The maximum Gasteiger partial charge on any atom is 0.494 e. The minimum Gasteiger partial charge on any atom is -0.492 e. The summed E-state index contributed by atoms with van der Waals surface area (Å²) in [7, 11) is 3.85. The second-order valence-electron chi connectivity index (χ2n) is 21.4. The van der Waals surface area contributed by atoms with E-state index in [1.165, 1.54) is 36.4 Å². The smallest absolute Gasteiger partial charge is 0.492 e. The van der Waals surface area contributed by atoms with Crippen LogP contribution < -0.4 is 25.6 Å². The summed E-state index contributed by atoms with van der Waals surface area (Å²) in [6.45, 7) is 20.0. The van der Waals surface area contributed by atoms with Crippen LogP contribution in [0.15, 0.2) is 138 Å². The summed E-state index contributed by atoms with van der Waals surface area (Å²) in [5.74, 6) is -0.426. The van der Waals surface area contributed by atoms with Crippen LogP contribution in [0.2, 0.25) is 0 Å². The predicted molar refractivity (Wildman–Crippen MR) is 318 cm³/mol. The number of hydrogen-bond donors (Lipinski definition) is 2. The van der Waals surface area contributed by atoms with Gasteiger partial charge in [-0.1, -0.05) is 80.2 Å². The van der Waals surface area contributed by atoms with Crippen molar-refractivity contribution in [3.05, 3.63) is 183 Å². The van der Waals surface area contributed by atoms with Gasteiger partial charge in [0.25, 0.3) is 0 Å².